The lowest BCUT2D eigenvalue weighted by Crippen LogP contribution is -2.37. The van der Waals surface area contributed by atoms with Gasteiger partial charge in [-0.3, -0.25) is 0 Å². The Bertz CT molecular complexity index is 189. The van der Waals surface area contributed by atoms with E-state index in [2.05, 4.69) is 37.9 Å². The number of nitrogens with zero attached hydrogens (tertiary/aromatic N) is 1. The molecule has 1 rings (SSSR count). The molecular formula is C15H32N2. The Morgan fingerprint density at radius 1 is 1.24 bits per heavy atom. The predicted molar refractivity (Wildman–Crippen MR) is 76.4 cm³/mol. The maximum Gasteiger partial charge on any atom is 0.00951 e. The molecule has 102 valence electrons. The molecule has 1 saturated heterocycles. The molecule has 1 aliphatic rings. The van der Waals surface area contributed by atoms with Gasteiger partial charge >= 0.3 is 0 Å². The van der Waals surface area contributed by atoms with Gasteiger partial charge in [0.05, 0.1) is 0 Å². The summed E-state index contributed by atoms with van der Waals surface area (Å²) < 4.78 is 0. The second-order valence-electron chi connectivity index (χ2n) is 5.67. The molecule has 1 heterocycles. The van der Waals surface area contributed by atoms with Gasteiger partial charge < -0.3 is 10.2 Å². The van der Waals surface area contributed by atoms with Crippen LogP contribution in [0.25, 0.3) is 0 Å². The Morgan fingerprint density at radius 2 is 1.94 bits per heavy atom. The molecular weight excluding hydrogens is 208 g/mol. The van der Waals surface area contributed by atoms with Crippen molar-refractivity contribution in [1.29, 1.82) is 0 Å². The average Bonchev–Trinajstić information content (AvgIpc) is 2.79. The van der Waals surface area contributed by atoms with Crippen LogP contribution in [0.2, 0.25) is 0 Å². The third-order valence-corrected chi connectivity index (χ3v) is 4.48. The van der Waals surface area contributed by atoms with E-state index in [4.69, 9.17) is 0 Å². The molecule has 0 saturated carbocycles. The van der Waals surface area contributed by atoms with Gasteiger partial charge in [-0.2, -0.15) is 0 Å². The fraction of sp³-hybridized carbons (Fsp3) is 1.00. The minimum absolute atomic E-state index is 0.779. The molecule has 0 amide bonds. The Kier molecular flexibility index (Phi) is 7.14. The maximum atomic E-state index is 3.57. The summed E-state index contributed by atoms with van der Waals surface area (Å²) in [5.41, 5.74) is 0. The molecule has 17 heavy (non-hydrogen) atoms. The van der Waals surface area contributed by atoms with Gasteiger partial charge in [-0.15, -0.1) is 0 Å². The summed E-state index contributed by atoms with van der Waals surface area (Å²) >= 11 is 0. The van der Waals surface area contributed by atoms with Gasteiger partial charge in [-0.05, 0) is 51.2 Å². The standard InChI is InChI=1S/C15H32N2/c1-5-9-16-11-14-8-10-17(12-14)13(4)15(6-2)7-3/h13-16H,5-12H2,1-4H3. The van der Waals surface area contributed by atoms with Crippen LogP contribution in [-0.4, -0.2) is 37.1 Å². The first-order valence-electron chi connectivity index (χ1n) is 7.67. The highest BCUT2D eigenvalue weighted by Gasteiger charge is 2.28. The number of likely N-dealkylation sites (tertiary alicyclic amines) is 1. The fourth-order valence-electron chi connectivity index (χ4n) is 3.15. The minimum atomic E-state index is 0.779. The molecule has 0 aromatic rings. The van der Waals surface area contributed by atoms with Crippen molar-refractivity contribution in [2.24, 2.45) is 11.8 Å². The van der Waals surface area contributed by atoms with Crippen LogP contribution in [0.1, 0.15) is 53.4 Å². The molecule has 2 nitrogen and oxygen atoms in total. The van der Waals surface area contributed by atoms with Crippen molar-refractivity contribution in [3.8, 4) is 0 Å². The van der Waals surface area contributed by atoms with Crippen molar-refractivity contribution in [1.82, 2.24) is 10.2 Å². The summed E-state index contributed by atoms with van der Waals surface area (Å²) in [6.07, 6.45) is 5.29. The van der Waals surface area contributed by atoms with Crippen LogP contribution in [-0.2, 0) is 0 Å². The first-order valence-corrected chi connectivity index (χ1v) is 7.67. The van der Waals surface area contributed by atoms with E-state index in [1.165, 1.54) is 51.9 Å². The van der Waals surface area contributed by atoms with Crippen LogP contribution in [0.5, 0.6) is 0 Å². The highest BCUT2D eigenvalue weighted by Crippen LogP contribution is 2.24. The SMILES string of the molecule is CCCNCC1CCN(C(C)C(CC)CC)C1. The molecule has 0 aliphatic carbocycles. The molecule has 1 N–H and O–H groups in total. The van der Waals surface area contributed by atoms with Crippen molar-refractivity contribution in [3.63, 3.8) is 0 Å². The van der Waals surface area contributed by atoms with Crippen LogP contribution in [0.4, 0.5) is 0 Å². The van der Waals surface area contributed by atoms with Crippen molar-refractivity contribution < 1.29 is 0 Å². The molecule has 1 aliphatic heterocycles. The molecule has 0 bridgehead atoms. The molecule has 2 unspecified atom stereocenters. The zero-order chi connectivity index (χ0) is 12.7. The third kappa shape index (κ3) is 4.59. The van der Waals surface area contributed by atoms with E-state index in [0.717, 1.165) is 17.9 Å². The molecule has 1 fully saturated rings. The Hall–Kier alpha value is -0.0800. The molecule has 0 aromatic heterocycles. The largest absolute Gasteiger partial charge is 0.316 e. The average molecular weight is 240 g/mol. The Balaban J connectivity index is 2.28. The monoisotopic (exact) mass is 240 g/mol. The van der Waals surface area contributed by atoms with Gasteiger partial charge in [0.1, 0.15) is 0 Å². The Morgan fingerprint density at radius 3 is 2.53 bits per heavy atom. The normalized spacial score (nSPS) is 23.5. The first-order chi connectivity index (χ1) is 8.22. The van der Waals surface area contributed by atoms with Crippen molar-refractivity contribution in [2.75, 3.05) is 26.2 Å². The fourth-order valence-corrected chi connectivity index (χ4v) is 3.15. The summed E-state index contributed by atoms with van der Waals surface area (Å²) in [4.78, 5) is 2.72. The van der Waals surface area contributed by atoms with Gasteiger partial charge in [0.2, 0.25) is 0 Å². The molecule has 0 spiro atoms. The molecule has 2 heteroatoms. The van der Waals surface area contributed by atoms with Crippen molar-refractivity contribution >= 4 is 0 Å². The van der Waals surface area contributed by atoms with Crippen LogP contribution < -0.4 is 5.32 Å². The first kappa shape index (κ1) is 15.0. The summed E-state index contributed by atoms with van der Waals surface area (Å²) in [6.45, 7) is 14.4. The second kappa shape index (κ2) is 8.10. The van der Waals surface area contributed by atoms with Crippen molar-refractivity contribution in [3.05, 3.63) is 0 Å². The smallest absolute Gasteiger partial charge is 0.00951 e. The number of nitrogens with one attached hydrogen (secondary N) is 1. The number of hydrogen-bond acceptors (Lipinski definition) is 2. The van der Waals surface area contributed by atoms with E-state index in [9.17, 15) is 0 Å². The maximum absolute atomic E-state index is 3.57. The zero-order valence-electron chi connectivity index (χ0n) is 12.3. The summed E-state index contributed by atoms with van der Waals surface area (Å²) in [6, 6.07) is 0.779. The van der Waals surface area contributed by atoms with E-state index in [-0.39, 0.29) is 0 Å². The van der Waals surface area contributed by atoms with Crippen molar-refractivity contribution in [2.45, 2.75) is 59.4 Å². The third-order valence-electron chi connectivity index (χ3n) is 4.48. The highest BCUT2D eigenvalue weighted by atomic mass is 15.2. The van der Waals surface area contributed by atoms with Gasteiger partial charge in [-0.1, -0.05) is 33.6 Å². The molecule has 2 atom stereocenters. The zero-order valence-corrected chi connectivity index (χ0v) is 12.3. The van der Waals surface area contributed by atoms with Gasteiger partial charge in [0.25, 0.3) is 0 Å². The summed E-state index contributed by atoms with van der Waals surface area (Å²) in [5.74, 6) is 1.77. The van der Waals surface area contributed by atoms with E-state index >= 15 is 0 Å². The molecule has 0 aromatic carbocycles. The lowest BCUT2D eigenvalue weighted by Gasteiger charge is -2.30. The lowest BCUT2D eigenvalue weighted by atomic mass is 9.94. The number of hydrogen-bond donors (Lipinski definition) is 1. The van der Waals surface area contributed by atoms with Gasteiger partial charge in [0, 0.05) is 12.6 Å². The van der Waals surface area contributed by atoms with Gasteiger partial charge in [-0.25, -0.2) is 0 Å². The highest BCUT2D eigenvalue weighted by molar-refractivity contribution is 4.83. The van der Waals surface area contributed by atoms with E-state index in [1.54, 1.807) is 0 Å². The number of rotatable bonds is 8. The van der Waals surface area contributed by atoms with E-state index in [1.807, 2.05) is 0 Å². The molecule has 0 radical (unpaired) electrons. The summed E-state index contributed by atoms with van der Waals surface area (Å²) in [7, 11) is 0. The Labute approximate surface area is 108 Å². The van der Waals surface area contributed by atoms with Crippen LogP contribution >= 0.6 is 0 Å². The quantitative estimate of drug-likeness (QED) is 0.656. The lowest BCUT2D eigenvalue weighted by molar-refractivity contribution is 0.175. The van der Waals surface area contributed by atoms with Crippen LogP contribution in [0.3, 0.4) is 0 Å². The van der Waals surface area contributed by atoms with E-state index in [0.29, 0.717) is 0 Å². The van der Waals surface area contributed by atoms with Crippen LogP contribution in [0.15, 0.2) is 0 Å². The van der Waals surface area contributed by atoms with E-state index < -0.39 is 0 Å². The second-order valence-corrected chi connectivity index (χ2v) is 5.67. The topological polar surface area (TPSA) is 15.3 Å². The predicted octanol–water partition coefficient (Wildman–Crippen LogP) is 3.13. The summed E-state index contributed by atoms with van der Waals surface area (Å²) in [5, 5.41) is 3.57. The minimum Gasteiger partial charge on any atom is -0.316 e. The van der Waals surface area contributed by atoms with Gasteiger partial charge in [0.15, 0.2) is 0 Å². The van der Waals surface area contributed by atoms with Crippen LogP contribution in [0, 0.1) is 11.8 Å².